The van der Waals surface area contributed by atoms with Crippen molar-refractivity contribution in [2.24, 2.45) is 0 Å². The van der Waals surface area contributed by atoms with Crippen LogP contribution in [0.2, 0.25) is 0 Å². The minimum atomic E-state index is -2.36. The van der Waals surface area contributed by atoms with Crippen LogP contribution in [0.15, 0.2) is 53.8 Å². The van der Waals surface area contributed by atoms with E-state index < -0.39 is 34.1 Å². The second kappa shape index (κ2) is 15.9. The van der Waals surface area contributed by atoms with Gasteiger partial charge in [-0.25, -0.2) is 4.39 Å². The number of aliphatic hydroxyl groups is 2. The molecule has 1 saturated heterocycles. The highest BCUT2D eigenvalue weighted by Gasteiger charge is 2.52. The number of morpholine rings is 1. The number of ether oxygens (including phenoxy) is 2. The molecule has 242 valence electrons. The van der Waals surface area contributed by atoms with Crippen molar-refractivity contribution in [2.75, 3.05) is 26.7 Å². The number of aldehydes is 1. The Labute approximate surface area is 269 Å². The van der Waals surface area contributed by atoms with Gasteiger partial charge in [0, 0.05) is 37.8 Å². The van der Waals surface area contributed by atoms with Crippen molar-refractivity contribution in [1.82, 2.24) is 15.1 Å². The lowest BCUT2D eigenvalue weighted by Gasteiger charge is -2.46. The average molecular weight is 623 g/mol. The lowest BCUT2D eigenvalue weighted by Crippen LogP contribution is -2.71. The molecule has 1 aliphatic heterocycles. The van der Waals surface area contributed by atoms with Gasteiger partial charge >= 0.3 is 0 Å². The van der Waals surface area contributed by atoms with Crippen LogP contribution in [0.5, 0.6) is 0 Å². The zero-order valence-corrected chi connectivity index (χ0v) is 28.0. The fourth-order valence-electron chi connectivity index (χ4n) is 5.34. The molecule has 1 aromatic carbocycles. The topological polar surface area (TPSA) is 129 Å². The van der Waals surface area contributed by atoms with Crippen molar-refractivity contribution in [3.05, 3.63) is 70.8 Å². The predicted molar refractivity (Wildman–Crippen MR) is 182 cm³/mol. The Bertz CT molecular complexity index is 1300. The van der Waals surface area contributed by atoms with Gasteiger partial charge in [0.05, 0.1) is 24.0 Å². The molecule has 15 heteroatoms. The molecule has 2 amide bonds. The van der Waals surface area contributed by atoms with Crippen LogP contribution in [0.25, 0.3) is 0 Å². The highest BCUT2D eigenvalue weighted by atomic mass is 19.1. The number of hydrogen-bond donors (Lipinski definition) is 3. The fourth-order valence-corrected chi connectivity index (χ4v) is 5.34. The predicted octanol–water partition coefficient (Wildman–Crippen LogP) is -2.35. The molecule has 5 atom stereocenters. The standard InChI is InChI=1S/C30H46B4FN3O7/c1-6-7-8-19(2)23(14-37(18-40)26(27(41)36-5)29(32,43)28(31,42)17-39)16-44-15-22-9-10-24(11-25(22)35)30(33,34)38-12-20(3)45-21(4)13-38/h6-11,16-18,20-21,26,42-43H,12-15,31-34H2,1-5H3,(H,36,41)/b7-6-,19-8-,23-16+. The maximum absolute atomic E-state index is 15.4. The van der Waals surface area contributed by atoms with E-state index in [1.165, 1.54) is 19.4 Å². The van der Waals surface area contributed by atoms with Gasteiger partial charge in [-0.3, -0.25) is 9.59 Å². The van der Waals surface area contributed by atoms with Crippen LogP contribution in [-0.4, -0.2) is 126 Å². The van der Waals surface area contributed by atoms with Crippen molar-refractivity contribution in [2.45, 2.75) is 68.9 Å². The Morgan fingerprint density at radius 3 is 2.36 bits per heavy atom. The van der Waals surface area contributed by atoms with Crippen molar-refractivity contribution in [3.8, 4) is 0 Å². The van der Waals surface area contributed by atoms with Crippen LogP contribution in [0.1, 0.15) is 38.8 Å². The van der Waals surface area contributed by atoms with Gasteiger partial charge in [0.2, 0.25) is 12.3 Å². The first-order valence-corrected chi connectivity index (χ1v) is 15.1. The van der Waals surface area contributed by atoms with E-state index in [4.69, 9.17) is 9.47 Å². The van der Waals surface area contributed by atoms with Gasteiger partial charge in [0.15, 0.2) is 7.85 Å². The van der Waals surface area contributed by atoms with Crippen molar-refractivity contribution < 1.29 is 38.5 Å². The average Bonchev–Trinajstić information content (AvgIpc) is 2.98. The first-order valence-electron chi connectivity index (χ1n) is 15.1. The summed E-state index contributed by atoms with van der Waals surface area (Å²) in [4.78, 5) is 40.1. The third-order valence-corrected chi connectivity index (χ3v) is 8.58. The summed E-state index contributed by atoms with van der Waals surface area (Å²) in [5.74, 6) is -1.22. The summed E-state index contributed by atoms with van der Waals surface area (Å²) >= 11 is 0. The lowest BCUT2D eigenvalue weighted by atomic mass is 9.55. The third kappa shape index (κ3) is 9.22. The van der Waals surface area contributed by atoms with Gasteiger partial charge in [0.25, 0.3) is 0 Å². The second-order valence-electron chi connectivity index (χ2n) is 12.6. The van der Waals surface area contributed by atoms with E-state index in [0.717, 1.165) is 39.2 Å². The number of rotatable bonds is 15. The van der Waals surface area contributed by atoms with E-state index in [2.05, 4.69) is 25.9 Å². The number of nitrogens with one attached hydrogen (secondary N) is 1. The molecule has 3 N–H and O–H groups in total. The van der Waals surface area contributed by atoms with E-state index >= 15 is 4.39 Å². The van der Waals surface area contributed by atoms with Gasteiger partial charge in [0.1, 0.15) is 53.8 Å². The highest BCUT2D eigenvalue weighted by molar-refractivity contribution is 6.39. The number of benzene rings is 1. The van der Waals surface area contributed by atoms with Gasteiger partial charge in [-0.1, -0.05) is 30.4 Å². The Morgan fingerprint density at radius 1 is 1.22 bits per heavy atom. The zero-order valence-electron chi connectivity index (χ0n) is 28.0. The summed E-state index contributed by atoms with van der Waals surface area (Å²) < 4.78 is 27.1. The lowest BCUT2D eigenvalue weighted by molar-refractivity contribution is -0.152. The molecule has 2 rings (SSSR count). The summed E-state index contributed by atoms with van der Waals surface area (Å²) in [5.41, 5.74) is -2.49. The molecule has 10 nitrogen and oxygen atoms in total. The van der Waals surface area contributed by atoms with Crippen molar-refractivity contribution in [1.29, 1.82) is 0 Å². The van der Waals surface area contributed by atoms with Crippen LogP contribution < -0.4 is 5.32 Å². The Kier molecular flexibility index (Phi) is 13.5. The van der Waals surface area contributed by atoms with Gasteiger partial charge in [-0.05, 0) is 50.2 Å². The molecule has 1 fully saturated rings. The fraction of sp³-hybridized carbons (Fsp3) is 0.500. The van der Waals surface area contributed by atoms with Crippen molar-refractivity contribution in [3.63, 3.8) is 0 Å². The second-order valence-corrected chi connectivity index (χ2v) is 12.6. The van der Waals surface area contributed by atoms with Gasteiger partial charge < -0.3 is 39.6 Å². The Balaban J connectivity index is 2.37. The molecular weight excluding hydrogens is 577 g/mol. The molecular formula is C30H46B4FN3O7. The molecule has 0 aliphatic carbocycles. The number of allylic oxidation sites excluding steroid dienone is 3. The maximum Gasteiger partial charge on any atom is 0.244 e. The maximum atomic E-state index is 15.4. The van der Waals surface area contributed by atoms with Crippen LogP contribution in [-0.2, 0) is 35.8 Å². The molecule has 0 radical (unpaired) electrons. The molecule has 0 aromatic heterocycles. The minimum Gasteiger partial charge on any atom is -0.496 e. The molecule has 45 heavy (non-hydrogen) atoms. The number of amides is 2. The Hall–Kier alpha value is -3.12. The number of nitrogens with zero attached hydrogens (tertiary/aromatic N) is 2. The van der Waals surface area contributed by atoms with Crippen LogP contribution in [0, 0.1) is 5.82 Å². The normalized spacial score (nSPS) is 21.8. The zero-order chi connectivity index (χ0) is 34.2. The largest absolute Gasteiger partial charge is 0.496 e. The van der Waals surface area contributed by atoms with E-state index in [1.54, 1.807) is 31.2 Å². The van der Waals surface area contributed by atoms with Gasteiger partial charge in [-0.2, -0.15) is 0 Å². The van der Waals surface area contributed by atoms with Crippen LogP contribution in [0.3, 0.4) is 0 Å². The first-order chi connectivity index (χ1) is 21.0. The third-order valence-electron chi connectivity index (χ3n) is 8.58. The SMILES string of the molecule is BC(B)(c1ccc(CO/C=C(CN(C=O)C(C(=O)NC)C(B)(O)C(B)(O)C=O)/C(C)=C\C=C/C)c(F)c1)N1CC(C)OC(C)C1. The number of likely N-dealkylation sites (N-methyl/N-ethyl adjacent to an activating group) is 1. The smallest absolute Gasteiger partial charge is 0.244 e. The first kappa shape index (κ1) is 38.1. The molecule has 1 heterocycles. The van der Waals surface area contributed by atoms with E-state index in [9.17, 15) is 24.6 Å². The molecule has 0 spiro atoms. The van der Waals surface area contributed by atoms with Crippen LogP contribution >= 0.6 is 0 Å². The van der Waals surface area contributed by atoms with E-state index in [1.807, 2.05) is 26.8 Å². The van der Waals surface area contributed by atoms with Crippen LogP contribution in [0.4, 0.5) is 4.39 Å². The number of carbonyl (C=O) groups excluding carboxylic acids is 3. The molecule has 0 bridgehead atoms. The summed E-state index contributed by atoms with van der Waals surface area (Å²) in [6.07, 6.45) is 7.31. The number of carbonyl (C=O) groups is 3. The summed E-state index contributed by atoms with van der Waals surface area (Å²) in [6.45, 7) is 8.76. The van der Waals surface area contributed by atoms with E-state index in [-0.39, 0.29) is 31.6 Å². The number of hydrogen-bond acceptors (Lipinski definition) is 8. The summed E-state index contributed by atoms with van der Waals surface area (Å²) in [7, 11) is 7.60. The molecule has 5 unspecified atom stereocenters. The quantitative estimate of drug-likeness (QED) is 0.0859. The van der Waals surface area contributed by atoms with E-state index in [0.29, 0.717) is 23.1 Å². The monoisotopic (exact) mass is 623 g/mol. The molecule has 1 aromatic rings. The highest BCUT2D eigenvalue weighted by Crippen LogP contribution is 2.28. The molecule has 0 saturated carbocycles. The number of halogens is 1. The summed E-state index contributed by atoms with van der Waals surface area (Å²) in [6, 6.07) is 3.45. The van der Waals surface area contributed by atoms with Crippen molar-refractivity contribution >= 4 is 50.0 Å². The Morgan fingerprint density at radius 2 is 1.84 bits per heavy atom. The minimum absolute atomic E-state index is 0.0722. The van der Waals surface area contributed by atoms with Gasteiger partial charge in [-0.15, -0.1) is 0 Å². The molecule has 1 aliphatic rings. The summed E-state index contributed by atoms with van der Waals surface area (Å²) in [5, 5.41) is 23.7.